The first-order chi connectivity index (χ1) is 9.69. The van der Waals surface area contributed by atoms with Crippen LogP contribution in [0.2, 0.25) is 0 Å². The summed E-state index contributed by atoms with van der Waals surface area (Å²) in [5.74, 6) is -0.506. The Labute approximate surface area is 118 Å². The molecule has 0 bridgehead atoms. The molecule has 2 aromatic carbocycles. The van der Waals surface area contributed by atoms with Gasteiger partial charge >= 0.3 is 0 Å². The first-order valence-electron chi connectivity index (χ1n) is 6.57. The largest absolute Gasteiger partial charge is 0.508 e. The van der Waals surface area contributed by atoms with E-state index in [1.54, 1.807) is 6.07 Å². The highest BCUT2D eigenvalue weighted by molar-refractivity contribution is 5.51. The minimum Gasteiger partial charge on any atom is -0.508 e. The molecular formula is C16H18FNO2. The molecule has 0 amide bonds. The molecule has 0 saturated carbocycles. The van der Waals surface area contributed by atoms with Crippen LogP contribution in [-0.4, -0.2) is 11.7 Å². The zero-order valence-corrected chi connectivity index (χ0v) is 11.4. The van der Waals surface area contributed by atoms with E-state index in [1.165, 1.54) is 6.07 Å². The molecule has 2 N–H and O–H groups in total. The number of para-hydroxylation sites is 1. The molecule has 0 radical (unpaired) electrons. The lowest BCUT2D eigenvalue weighted by atomic mass is 10.1. The van der Waals surface area contributed by atoms with Gasteiger partial charge in [-0.1, -0.05) is 18.2 Å². The molecule has 106 valence electrons. The van der Waals surface area contributed by atoms with E-state index >= 15 is 0 Å². The van der Waals surface area contributed by atoms with E-state index in [2.05, 4.69) is 5.32 Å². The fourth-order valence-corrected chi connectivity index (χ4v) is 1.96. The van der Waals surface area contributed by atoms with Gasteiger partial charge in [-0.3, -0.25) is 0 Å². The van der Waals surface area contributed by atoms with Crippen molar-refractivity contribution in [2.75, 3.05) is 11.9 Å². The van der Waals surface area contributed by atoms with Gasteiger partial charge in [0.15, 0.2) is 0 Å². The number of aromatic hydroxyl groups is 1. The number of hydrogen-bond donors (Lipinski definition) is 2. The average Bonchev–Trinajstić information content (AvgIpc) is 2.43. The van der Waals surface area contributed by atoms with Gasteiger partial charge in [0.2, 0.25) is 0 Å². The van der Waals surface area contributed by atoms with Crippen molar-refractivity contribution in [1.29, 1.82) is 0 Å². The summed E-state index contributed by atoms with van der Waals surface area (Å²) >= 11 is 0. The fraction of sp³-hybridized carbons (Fsp3) is 0.250. The SMILES string of the molecule is CCOCc1ccccc1NCc1cc(O)cc(F)c1. The van der Waals surface area contributed by atoms with Crippen LogP contribution in [0.4, 0.5) is 10.1 Å². The standard InChI is InChI=1S/C16H18FNO2/c1-2-20-11-13-5-3-4-6-16(13)18-10-12-7-14(17)9-15(19)8-12/h3-9,18-19H,2,10-11H2,1H3. The molecule has 0 aliphatic rings. The lowest BCUT2D eigenvalue weighted by Crippen LogP contribution is -2.04. The van der Waals surface area contributed by atoms with Crippen LogP contribution in [0.5, 0.6) is 5.75 Å². The molecule has 0 aliphatic carbocycles. The smallest absolute Gasteiger partial charge is 0.127 e. The second kappa shape index (κ2) is 6.91. The van der Waals surface area contributed by atoms with Crippen LogP contribution in [0.3, 0.4) is 0 Å². The summed E-state index contributed by atoms with van der Waals surface area (Å²) in [4.78, 5) is 0. The van der Waals surface area contributed by atoms with Crippen molar-refractivity contribution in [3.63, 3.8) is 0 Å². The normalized spacial score (nSPS) is 10.5. The minimum absolute atomic E-state index is 0.0654. The maximum atomic E-state index is 13.2. The Hall–Kier alpha value is -2.07. The summed E-state index contributed by atoms with van der Waals surface area (Å²) in [6.07, 6.45) is 0. The van der Waals surface area contributed by atoms with Crippen molar-refractivity contribution in [2.45, 2.75) is 20.1 Å². The molecule has 2 rings (SSSR count). The van der Waals surface area contributed by atoms with Crippen LogP contribution in [0.1, 0.15) is 18.1 Å². The molecule has 0 aliphatic heterocycles. The first-order valence-corrected chi connectivity index (χ1v) is 6.57. The Bertz CT molecular complexity index is 552. The summed E-state index contributed by atoms with van der Waals surface area (Å²) in [6.45, 7) is 3.58. The first kappa shape index (κ1) is 14.3. The summed E-state index contributed by atoms with van der Waals surface area (Å²) in [5, 5.41) is 12.6. The van der Waals surface area contributed by atoms with E-state index in [-0.39, 0.29) is 5.75 Å². The van der Waals surface area contributed by atoms with E-state index < -0.39 is 5.82 Å². The van der Waals surface area contributed by atoms with E-state index in [4.69, 9.17) is 4.74 Å². The number of phenolic OH excluding ortho intramolecular Hbond substituents is 1. The van der Waals surface area contributed by atoms with Gasteiger partial charge in [-0.05, 0) is 30.7 Å². The second-order valence-corrected chi connectivity index (χ2v) is 4.47. The van der Waals surface area contributed by atoms with E-state index in [0.717, 1.165) is 17.3 Å². The number of hydrogen-bond acceptors (Lipinski definition) is 3. The fourth-order valence-electron chi connectivity index (χ4n) is 1.96. The Kier molecular flexibility index (Phi) is 4.96. The Morgan fingerprint density at radius 2 is 2.00 bits per heavy atom. The monoisotopic (exact) mass is 275 g/mol. The third kappa shape index (κ3) is 3.96. The van der Waals surface area contributed by atoms with Gasteiger partial charge in [0.05, 0.1) is 6.61 Å². The Balaban J connectivity index is 2.06. The van der Waals surface area contributed by atoms with Crippen molar-refractivity contribution < 1.29 is 14.2 Å². The molecule has 0 heterocycles. The molecule has 2 aromatic rings. The number of benzene rings is 2. The van der Waals surface area contributed by atoms with Gasteiger partial charge in [-0.2, -0.15) is 0 Å². The molecule has 0 aromatic heterocycles. The second-order valence-electron chi connectivity index (χ2n) is 4.47. The van der Waals surface area contributed by atoms with Crippen molar-refractivity contribution in [3.05, 3.63) is 59.4 Å². The lowest BCUT2D eigenvalue weighted by molar-refractivity contribution is 0.134. The van der Waals surface area contributed by atoms with Crippen LogP contribution in [0.25, 0.3) is 0 Å². The van der Waals surface area contributed by atoms with Crippen molar-refractivity contribution in [1.82, 2.24) is 0 Å². The van der Waals surface area contributed by atoms with E-state index in [9.17, 15) is 9.50 Å². The number of anilines is 1. The van der Waals surface area contributed by atoms with Crippen molar-refractivity contribution >= 4 is 5.69 Å². The van der Waals surface area contributed by atoms with Crippen LogP contribution in [0.15, 0.2) is 42.5 Å². The highest BCUT2D eigenvalue weighted by Crippen LogP contribution is 2.19. The third-order valence-electron chi connectivity index (χ3n) is 2.90. The van der Waals surface area contributed by atoms with Crippen molar-refractivity contribution in [3.8, 4) is 5.75 Å². The molecule has 3 nitrogen and oxygen atoms in total. The van der Waals surface area contributed by atoms with Crippen LogP contribution in [0, 0.1) is 5.82 Å². The zero-order chi connectivity index (χ0) is 14.4. The molecule has 20 heavy (non-hydrogen) atoms. The molecular weight excluding hydrogens is 257 g/mol. The summed E-state index contributed by atoms with van der Waals surface area (Å²) in [7, 11) is 0. The molecule has 0 unspecified atom stereocenters. The zero-order valence-electron chi connectivity index (χ0n) is 11.4. The van der Waals surface area contributed by atoms with Crippen molar-refractivity contribution in [2.24, 2.45) is 0 Å². The number of ether oxygens (including phenoxy) is 1. The van der Waals surface area contributed by atoms with Crippen LogP contribution in [-0.2, 0) is 17.9 Å². The van der Waals surface area contributed by atoms with Gasteiger partial charge in [0.1, 0.15) is 11.6 Å². The highest BCUT2D eigenvalue weighted by atomic mass is 19.1. The number of rotatable bonds is 6. The minimum atomic E-state index is -0.440. The van der Waals surface area contributed by atoms with E-state index in [0.29, 0.717) is 25.3 Å². The van der Waals surface area contributed by atoms with Crippen LogP contribution < -0.4 is 5.32 Å². The summed E-state index contributed by atoms with van der Waals surface area (Å²) < 4.78 is 18.6. The number of halogens is 1. The molecule has 0 saturated heterocycles. The Morgan fingerprint density at radius 1 is 1.20 bits per heavy atom. The maximum absolute atomic E-state index is 13.2. The van der Waals surface area contributed by atoms with Gasteiger partial charge in [-0.15, -0.1) is 0 Å². The third-order valence-corrected chi connectivity index (χ3v) is 2.90. The maximum Gasteiger partial charge on any atom is 0.127 e. The highest BCUT2D eigenvalue weighted by Gasteiger charge is 2.03. The predicted octanol–water partition coefficient (Wildman–Crippen LogP) is 3.68. The number of phenols is 1. The van der Waals surface area contributed by atoms with Gasteiger partial charge in [0, 0.05) is 30.5 Å². The van der Waals surface area contributed by atoms with Crippen LogP contribution >= 0.6 is 0 Å². The van der Waals surface area contributed by atoms with Gasteiger partial charge in [0.25, 0.3) is 0 Å². The molecule has 0 fully saturated rings. The molecule has 4 heteroatoms. The lowest BCUT2D eigenvalue weighted by Gasteiger charge is -2.12. The quantitative estimate of drug-likeness (QED) is 0.845. The number of nitrogens with one attached hydrogen (secondary N) is 1. The van der Waals surface area contributed by atoms with Gasteiger partial charge < -0.3 is 15.2 Å². The average molecular weight is 275 g/mol. The summed E-state index contributed by atoms with van der Waals surface area (Å²) in [6, 6.07) is 11.9. The molecule has 0 spiro atoms. The topological polar surface area (TPSA) is 41.5 Å². The molecule has 0 atom stereocenters. The van der Waals surface area contributed by atoms with Gasteiger partial charge in [-0.25, -0.2) is 4.39 Å². The Morgan fingerprint density at radius 3 is 2.75 bits per heavy atom. The predicted molar refractivity (Wildman–Crippen MR) is 77.2 cm³/mol. The summed E-state index contributed by atoms with van der Waals surface area (Å²) in [5.41, 5.74) is 2.69. The van der Waals surface area contributed by atoms with E-state index in [1.807, 2.05) is 31.2 Å².